The van der Waals surface area contributed by atoms with E-state index < -0.39 is 5.97 Å². The van der Waals surface area contributed by atoms with E-state index in [0.717, 1.165) is 5.56 Å². The topological polar surface area (TPSA) is 61.2 Å². The van der Waals surface area contributed by atoms with Crippen LogP contribution in [-0.2, 0) is 16.1 Å². The maximum atomic E-state index is 11.3. The molecule has 0 aliphatic carbocycles. The predicted molar refractivity (Wildman–Crippen MR) is 59.0 cm³/mol. The van der Waals surface area contributed by atoms with Crippen LogP contribution in [0.15, 0.2) is 28.8 Å². The Morgan fingerprint density at radius 3 is 2.94 bits per heavy atom. The van der Waals surface area contributed by atoms with Gasteiger partial charge in [-0.25, -0.2) is 14.6 Å². The number of aromatic nitrogens is 2. The molecule has 0 aliphatic heterocycles. The van der Waals surface area contributed by atoms with E-state index in [-0.39, 0.29) is 5.69 Å². The number of esters is 1. The van der Waals surface area contributed by atoms with Crippen molar-refractivity contribution in [1.82, 2.24) is 9.55 Å². The van der Waals surface area contributed by atoms with Gasteiger partial charge in [0.15, 0.2) is 0 Å². The van der Waals surface area contributed by atoms with Gasteiger partial charge in [-0.2, -0.15) is 0 Å². The molecule has 1 heterocycles. The van der Waals surface area contributed by atoms with Crippen molar-refractivity contribution >= 4 is 5.97 Å². The van der Waals surface area contributed by atoms with Crippen molar-refractivity contribution in [3.05, 3.63) is 40.1 Å². The highest BCUT2D eigenvalue weighted by atomic mass is 16.5. The zero-order valence-corrected chi connectivity index (χ0v) is 9.56. The van der Waals surface area contributed by atoms with Crippen molar-refractivity contribution in [1.29, 1.82) is 0 Å². The zero-order valence-electron chi connectivity index (χ0n) is 9.56. The second-order valence-electron chi connectivity index (χ2n) is 3.44. The van der Waals surface area contributed by atoms with Gasteiger partial charge >= 0.3 is 11.7 Å². The number of carbonyl (C=O) groups is 1. The van der Waals surface area contributed by atoms with Gasteiger partial charge in [0.2, 0.25) is 0 Å². The maximum Gasteiger partial charge on any atom is 0.347 e. The Balaban J connectivity index is 2.86. The number of allylic oxidation sites excluding steroid dienone is 1. The Morgan fingerprint density at radius 2 is 2.31 bits per heavy atom. The Kier molecular flexibility index (Phi) is 3.99. The lowest BCUT2D eigenvalue weighted by Gasteiger charge is -2.03. The van der Waals surface area contributed by atoms with E-state index in [0.29, 0.717) is 12.1 Å². The molecule has 0 N–H and O–H groups in total. The first-order valence-corrected chi connectivity index (χ1v) is 4.82. The Hall–Kier alpha value is -1.91. The molecule has 86 valence electrons. The number of ether oxygens (including phenoxy) is 1. The molecule has 16 heavy (non-hydrogen) atoms. The molecule has 0 unspecified atom stereocenters. The predicted octanol–water partition coefficient (Wildman–Crippen LogP) is 0.671. The summed E-state index contributed by atoms with van der Waals surface area (Å²) >= 11 is 0. The zero-order chi connectivity index (χ0) is 12.1. The van der Waals surface area contributed by atoms with E-state index in [1.54, 1.807) is 19.2 Å². The van der Waals surface area contributed by atoms with Gasteiger partial charge < -0.3 is 4.74 Å². The average molecular weight is 222 g/mol. The van der Waals surface area contributed by atoms with E-state index in [9.17, 15) is 9.59 Å². The molecule has 0 aliphatic rings. The molecule has 0 bridgehead atoms. The minimum Gasteiger partial charge on any atom is -0.466 e. The van der Waals surface area contributed by atoms with E-state index in [1.807, 2.05) is 6.92 Å². The lowest BCUT2D eigenvalue weighted by molar-refractivity contribution is -0.136. The highest BCUT2D eigenvalue weighted by molar-refractivity contribution is 5.87. The number of aryl methyl sites for hydroxylation is 1. The van der Waals surface area contributed by atoms with Crippen LogP contribution >= 0.6 is 0 Å². The summed E-state index contributed by atoms with van der Waals surface area (Å²) in [5.41, 5.74) is 1.03. The highest BCUT2D eigenvalue weighted by Crippen LogP contribution is 1.97. The van der Waals surface area contributed by atoms with Gasteiger partial charge in [-0.15, -0.1) is 0 Å². The summed E-state index contributed by atoms with van der Waals surface area (Å²) in [6.45, 7) is 3.80. The number of nitrogens with zero attached hydrogens (tertiary/aromatic N) is 2. The Bertz CT molecular complexity index is 474. The normalized spacial score (nSPS) is 11.3. The second kappa shape index (κ2) is 5.25. The molecule has 0 saturated carbocycles. The molecule has 1 rings (SSSR count). The van der Waals surface area contributed by atoms with Crippen molar-refractivity contribution in [2.45, 2.75) is 20.4 Å². The first-order valence-electron chi connectivity index (χ1n) is 4.82. The summed E-state index contributed by atoms with van der Waals surface area (Å²) < 4.78 is 5.98. The number of hydrogen-bond acceptors (Lipinski definition) is 4. The third-order valence-corrected chi connectivity index (χ3v) is 2.09. The third-order valence-electron chi connectivity index (χ3n) is 2.09. The summed E-state index contributed by atoms with van der Waals surface area (Å²) in [6.07, 6.45) is 4.83. The van der Waals surface area contributed by atoms with Crippen molar-refractivity contribution < 1.29 is 9.53 Å². The van der Waals surface area contributed by atoms with Crippen LogP contribution in [0.3, 0.4) is 0 Å². The van der Waals surface area contributed by atoms with Crippen molar-refractivity contribution in [3.63, 3.8) is 0 Å². The molecule has 0 spiro atoms. The van der Waals surface area contributed by atoms with Crippen LogP contribution in [-0.4, -0.2) is 22.6 Å². The van der Waals surface area contributed by atoms with Gasteiger partial charge in [0.1, 0.15) is 0 Å². The van der Waals surface area contributed by atoms with Crippen molar-refractivity contribution in [2.24, 2.45) is 0 Å². The number of methoxy groups -OCH3 is 1. The van der Waals surface area contributed by atoms with Crippen molar-refractivity contribution in [2.75, 3.05) is 7.11 Å². The molecule has 1 aromatic rings. The number of hydrogen-bond donors (Lipinski definition) is 0. The maximum absolute atomic E-state index is 11.3. The van der Waals surface area contributed by atoms with Gasteiger partial charge in [-0.05, 0) is 19.4 Å². The molecule has 0 aromatic carbocycles. The minimum absolute atomic E-state index is 0.314. The van der Waals surface area contributed by atoms with Gasteiger partial charge in [-0.3, -0.25) is 4.57 Å². The van der Waals surface area contributed by atoms with E-state index in [1.165, 1.54) is 17.9 Å². The monoisotopic (exact) mass is 222 g/mol. The first-order chi connectivity index (χ1) is 7.54. The molecule has 1 aromatic heterocycles. The van der Waals surface area contributed by atoms with Crippen LogP contribution in [0.2, 0.25) is 0 Å². The molecule has 0 saturated heterocycles. The quantitative estimate of drug-likeness (QED) is 0.557. The smallest absolute Gasteiger partial charge is 0.347 e. The minimum atomic E-state index is -0.395. The third kappa shape index (κ3) is 3.05. The molecule has 0 radical (unpaired) electrons. The molecule has 0 atom stereocenters. The molecular formula is C11H14N2O3. The molecule has 5 nitrogen and oxygen atoms in total. The van der Waals surface area contributed by atoms with Crippen LogP contribution in [0.4, 0.5) is 0 Å². The fourth-order valence-corrected chi connectivity index (χ4v) is 1.18. The molecular weight excluding hydrogens is 208 g/mol. The van der Waals surface area contributed by atoms with Gasteiger partial charge in [0.25, 0.3) is 0 Å². The lowest BCUT2D eigenvalue weighted by atomic mass is 10.3. The fraction of sp³-hybridized carbons (Fsp3) is 0.364. The molecule has 5 heteroatoms. The second-order valence-corrected chi connectivity index (χ2v) is 3.44. The van der Waals surface area contributed by atoms with Gasteiger partial charge in [0, 0.05) is 24.5 Å². The highest BCUT2D eigenvalue weighted by Gasteiger charge is 2.02. The number of carbonyl (C=O) groups excluding carboxylic acids is 1. The first kappa shape index (κ1) is 12.2. The standard InChI is InChI=1S/C11H14N2O3/c1-8-6-12-11(15)13(7-8)5-4-9(2)10(14)16-3/h4,6-7H,5H2,1-3H3. The van der Waals surface area contributed by atoms with Crippen molar-refractivity contribution in [3.8, 4) is 0 Å². The largest absolute Gasteiger partial charge is 0.466 e. The van der Waals surface area contributed by atoms with E-state index >= 15 is 0 Å². The van der Waals surface area contributed by atoms with E-state index in [2.05, 4.69) is 9.72 Å². The average Bonchev–Trinajstić information content (AvgIpc) is 2.28. The van der Waals surface area contributed by atoms with E-state index in [4.69, 9.17) is 0 Å². The Labute approximate surface area is 93.4 Å². The van der Waals surface area contributed by atoms with Crippen LogP contribution in [0.5, 0.6) is 0 Å². The van der Waals surface area contributed by atoms with Gasteiger partial charge in [0.05, 0.1) is 7.11 Å². The summed E-state index contributed by atoms with van der Waals surface area (Å²) in [5, 5.41) is 0. The summed E-state index contributed by atoms with van der Waals surface area (Å²) in [5.74, 6) is -0.395. The molecule has 0 fully saturated rings. The van der Waals surface area contributed by atoms with Gasteiger partial charge in [-0.1, -0.05) is 6.08 Å². The van der Waals surface area contributed by atoms with Crippen LogP contribution in [0.25, 0.3) is 0 Å². The fourth-order valence-electron chi connectivity index (χ4n) is 1.18. The summed E-state index contributed by atoms with van der Waals surface area (Å²) in [4.78, 5) is 26.1. The lowest BCUT2D eigenvalue weighted by Crippen LogP contribution is -2.22. The van der Waals surface area contributed by atoms with Crippen LogP contribution in [0.1, 0.15) is 12.5 Å². The van der Waals surface area contributed by atoms with Crippen LogP contribution < -0.4 is 5.69 Å². The molecule has 0 amide bonds. The van der Waals surface area contributed by atoms with Crippen LogP contribution in [0, 0.1) is 6.92 Å². The summed E-state index contributed by atoms with van der Waals surface area (Å²) in [6, 6.07) is 0. The SMILES string of the molecule is COC(=O)C(C)=CCn1cc(C)cnc1=O. The summed E-state index contributed by atoms with van der Waals surface area (Å²) in [7, 11) is 1.32. The number of rotatable bonds is 3. The Morgan fingerprint density at radius 1 is 1.62 bits per heavy atom.